The van der Waals surface area contributed by atoms with Crippen LogP contribution in [0, 0.1) is 22.7 Å². The zero-order valence-electron chi connectivity index (χ0n) is 8.59. The summed E-state index contributed by atoms with van der Waals surface area (Å²) in [6.45, 7) is 3.68. The quantitative estimate of drug-likeness (QED) is 0.720. The summed E-state index contributed by atoms with van der Waals surface area (Å²) in [6.07, 6.45) is 4.38. The van der Waals surface area contributed by atoms with Crippen molar-refractivity contribution in [2.75, 3.05) is 26.3 Å². The van der Waals surface area contributed by atoms with Crippen molar-refractivity contribution in [1.82, 2.24) is 5.32 Å². The molecule has 1 atom stereocenters. The molecule has 0 aromatic rings. The fourth-order valence-electron chi connectivity index (χ4n) is 2.56. The van der Waals surface area contributed by atoms with Crippen molar-refractivity contribution in [3.63, 3.8) is 0 Å². The summed E-state index contributed by atoms with van der Waals surface area (Å²) in [4.78, 5) is 0. The van der Waals surface area contributed by atoms with Gasteiger partial charge in [0, 0.05) is 19.8 Å². The molecule has 78 valence electrons. The molecular weight excluding hydrogens is 176 g/mol. The van der Waals surface area contributed by atoms with Gasteiger partial charge in [-0.1, -0.05) is 0 Å². The average molecular weight is 194 g/mol. The van der Waals surface area contributed by atoms with E-state index in [0.29, 0.717) is 5.92 Å². The van der Waals surface area contributed by atoms with E-state index in [4.69, 9.17) is 4.74 Å². The fourth-order valence-corrected chi connectivity index (χ4v) is 2.56. The molecule has 3 heteroatoms. The number of hydrogen-bond acceptors (Lipinski definition) is 3. The Hall–Kier alpha value is -0.590. The van der Waals surface area contributed by atoms with Crippen molar-refractivity contribution in [2.45, 2.75) is 25.7 Å². The first-order valence-corrected chi connectivity index (χ1v) is 5.54. The van der Waals surface area contributed by atoms with Gasteiger partial charge < -0.3 is 10.1 Å². The van der Waals surface area contributed by atoms with Crippen molar-refractivity contribution in [3.05, 3.63) is 0 Å². The van der Waals surface area contributed by atoms with Gasteiger partial charge in [-0.2, -0.15) is 5.26 Å². The van der Waals surface area contributed by atoms with Crippen LogP contribution in [0.25, 0.3) is 0 Å². The van der Waals surface area contributed by atoms with Crippen LogP contribution in [-0.2, 0) is 4.74 Å². The van der Waals surface area contributed by atoms with Crippen LogP contribution in [0.3, 0.4) is 0 Å². The number of nitrogens with zero attached hydrogens (tertiary/aromatic N) is 1. The third kappa shape index (κ3) is 2.08. The second kappa shape index (κ2) is 4.29. The third-order valence-corrected chi connectivity index (χ3v) is 3.50. The van der Waals surface area contributed by atoms with Gasteiger partial charge >= 0.3 is 0 Å². The van der Waals surface area contributed by atoms with Crippen LogP contribution in [0.5, 0.6) is 0 Å². The Morgan fingerprint density at radius 1 is 1.43 bits per heavy atom. The van der Waals surface area contributed by atoms with Gasteiger partial charge in [0.1, 0.15) is 0 Å². The van der Waals surface area contributed by atoms with Crippen LogP contribution in [0.2, 0.25) is 0 Å². The summed E-state index contributed by atoms with van der Waals surface area (Å²) in [6, 6.07) is 2.52. The number of nitriles is 1. The predicted molar refractivity (Wildman–Crippen MR) is 53.7 cm³/mol. The maximum Gasteiger partial charge on any atom is 0.0713 e. The van der Waals surface area contributed by atoms with Crippen molar-refractivity contribution >= 4 is 0 Å². The monoisotopic (exact) mass is 194 g/mol. The summed E-state index contributed by atoms with van der Waals surface area (Å²) >= 11 is 0. The van der Waals surface area contributed by atoms with Crippen LogP contribution in [0.4, 0.5) is 0 Å². The molecule has 0 bridgehead atoms. The van der Waals surface area contributed by atoms with Gasteiger partial charge in [-0.3, -0.25) is 0 Å². The van der Waals surface area contributed by atoms with E-state index in [1.807, 2.05) is 0 Å². The van der Waals surface area contributed by atoms with E-state index < -0.39 is 0 Å². The van der Waals surface area contributed by atoms with Gasteiger partial charge in [0.15, 0.2) is 0 Å². The number of ether oxygens (including phenoxy) is 1. The van der Waals surface area contributed by atoms with Gasteiger partial charge in [0.2, 0.25) is 0 Å². The molecule has 0 aliphatic carbocycles. The molecule has 2 rings (SSSR count). The third-order valence-electron chi connectivity index (χ3n) is 3.50. The van der Waals surface area contributed by atoms with Gasteiger partial charge in [-0.05, 0) is 38.1 Å². The molecule has 0 spiro atoms. The first kappa shape index (κ1) is 9.95. The van der Waals surface area contributed by atoms with Crippen molar-refractivity contribution in [3.8, 4) is 6.07 Å². The molecule has 2 aliphatic heterocycles. The molecule has 0 saturated carbocycles. The first-order chi connectivity index (χ1) is 6.85. The van der Waals surface area contributed by atoms with Crippen molar-refractivity contribution < 1.29 is 4.74 Å². The SMILES string of the molecule is N#CC1(CC2CCOCC2)CCNC1. The highest BCUT2D eigenvalue weighted by molar-refractivity contribution is 5.05. The van der Waals surface area contributed by atoms with E-state index in [1.54, 1.807) is 0 Å². The Kier molecular flexibility index (Phi) is 3.05. The lowest BCUT2D eigenvalue weighted by Crippen LogP contribution is -2.28. The highest BCUT2D eigenvalue weighted by Gasteiger charge is 2.36. The molecule has 2 fully saturated rings. The lowest BCUT2D eigenvalue weighted by molar-refractivity contribution is 0.0549. The molecule has 0 amide bonds. The van der Waals surface area contributed by atoms with Gasteiger partial charge in [0.05, 0.1) is 11.5 Å². The van der Waals surface area contributed by atoms with E-state index in [2.05, 4.69) is 11.4 Å². The van der Waals surface area contributed by atoms with Crippen molar-refractivity contribution in [1.29, 1.82) is 5.26 Å². The number of nitrogens with one attached hydrogen (secondary N) is 1. The minimum Gasteiger partial charge on any atom is -0.381 e. The summed E-state index contributed by atoms with van der Waals surface area (Å²) in [5, 5.41) is 12.5. The van der Waals surface area contributed by atoms with E-state index in [-0.39, 0.29) is 5.41 Å². The zero-order chi connectivity index (χ0) is 9.86. The first-order valence-electron chi connectivity index (χ1n) is 5.54. The second-order valence-electron chi connectivity index (χ2n) is 4.58. The number of rotatable bonds is 2. The van der Waals surface area contributed by atoms with Crippen LogP contribution >= 0.6 is 0 Å². The molecule has 1 unspecified atom stereocenters. The molecule has 0 aromatic heterocycles. The van der Waals surface area contributed by atoms with Crippen LogP contribution in [0.1, 0.15) is 25.7 Å². The minimum atomic E-state index is -0.0675. The fraction of sp³-hybridized carbons (Fsp3) is 0.909. The summed E-state index contributed by atoms with van der Waals surface area (Å²) in [7, 11) is 0. The Morgan fingerprint density at radius 2 is 2.21 bits per heavy atom. The zero-order valence-corrected chi connectivity index (χ0v) is 8.59. The number of hydrogen-bond donors (Lipinski definition) is 1. The molecule has 14 heavy (non-hydrogen) atoms. The average Bonchev–Trinajstić information content (AvgIpc) is 2.69. The van der Waals surface area contributed by atoms with E-state index in [0.717, 1.165) is 52.0 Å². The summed E-state index contributed by atoms with van der Waals surface area (Å²) < 4.78 is 5.33. The smallest absolute Gasteiger partial charge is 0.0713 e. The standard InChI is InChI=1S/C11H18N2O/c12-8-11(3-4-13-9-11)7-10-1-5-14-6-2-10/h10,13H,1-7,9H2. The molecule has 2 heterocycles. The summed E-state index contributed by atoms with van der Waals surface area (Å²) in [5.74, 6) is 0.711. The lowest BCUT2D eigenvalue weighted by atomic mass is 9.77. The highest BCUT2D eigenvalue weighted by Crippen LogP contribution is 2.35. The van der Waals surface area contributed by atoms with Gasteiger partial charge in [-0.25, -0.2) is 0 Å². The molecule has 2 saturated heterocycles. The lowest BCUT2D eigenvalue weighted by Gasteiger charge is -2.28. The summed E-state index contributed by atoms with van der Waals surface area (Å²) in [5.41, 5.74) is -0.0675. The molecule has 0 aromatic carbocycles. The predicted octanol–water partition coefficient (Wildman–Crippen LogP) is 1.31. The van der Waals surface area contributed by atoms with E-state index >= 15 is 0 Å². The van der Waals surface area contributed by atoms with E-state index in [9.17, 15) is 5.26 Å². The molecule has 2 aliphatic rings. The Morgan fingerprint density at radius 3 is 2.79 bits per heavy atom. The normalized spacial score (nSPS) is 34.2. The minimum absolute atomic E-state index is 0.0675. The van der Waals surface area contributed by atoms with Crippen LogP contribution in [0.15, 0.2) is 0 Å². The molecule has 0 radical (unpaired) electrons. The second-order valence-corrected chi connectivity index (χ2v) is 4.58. The topological polar surface area (TPSA) is 45.0 Å². The van der Waals surface area contributed by atoms with Crippen LogP contribution < -0.4 is 5.32 Å². The Bertz CT molecular complexity index is 222. The molecule has 1 N–H and O–H groups in total. The maximum atomic E-state index is 9.23. The molecule has 3 nitrogen and oxygen atoms in total. The van der Waals surface area contributed by atoms with Gasteiger partial charge in [-0.15, -0.1) is 0 Å². The van der Waals surface area contributed by atoms with Gasteiger partial charge in [0.25, 0.3) is 0 Å². The Labute approximate surface area is 85.4 Å². The largest absolute Gasteiger partial charge is 0.381 e. The highest BCUT2D eigenvalue weighted by atomic mass is 16.5. The Balaban J connectivity index is 1.90. The maximum absolute atomic E-state index is 9.23. The van der Waals surface area contributed by atoms with Crippen molar-refractivity contribution in [2.24, 2.45) is 11.3 Å². The molecular formula is C11H18N2O. The van der Waals surface area contributed by atoms with Crippen LogP contribution in [-0.4, -0.2) is 26.3 Å². The van der Waals surface area contributed by atoms with E-state index in [1.165, 1.54) is 0 Å².